The number of rotatable bonds is 6. The van der Waals surface area contributed by atoms with Crippen molar-refractivity contribution < 1.29 is 14.6 Å². The van der Waals surface area contributed by atoms with E-state index < -0.39 is 6.10 Å². The molecule has 122 valence electrons. The molecule has 4 atom stereocenters. The minimum atomic E-state index is -0.519. The molecule has 0 saturated heterocycles. The van der Waals surface area contributed by atoms with Gasteiger partial charge in [-0.25, -0.2) is 4.79 Å². The smallest absolute Gasteiger partial charge is 0.315 e. The largest absolute Gasteiger partial charge is 0.391 e. The highest BCUT2D eigenvalue weighted by atomic mass is 16.5. The number of fused-ring (bicyclic) bond motifs is 2. The molecule has 21 heavy (non-hydrogen) atoms. The molecular formula is C16H30N2O3. The maximum absolute atomic E-state index is 12.0. The van der Waals surface area contributed by atoms with Crippen molar-refractivity contribution in [2.75, 3.05) is 20.3 Å². The van der Waals surface area contributed by atoms with E-state index in [9.17, 15) is 9.90 Å². The van der Waals surface area contributed by atoms with Gasteiger partial charge in [-0.2, -0.15) is 0 Å². The van der Waals surface area contributed by atoms with Crippen LogP contribution in [0.4, 0.5) is 4.79 Å². The number of urea groups is 1. The third-order valence-corrected chi connectivity index (χ3v) is 6.22. The molecule has 2 amide bonds. The van der Waals surface area contributed by atoms with Gasteiger partial charge >= 0.3 is 6.03 Å². The molecule has 0 heterocycles. The summed E-state index contributed by atoms with van der Waals surface area (Å²) >= 11 is 0. The zero-order valence-electron chi connectivity index (χ0n) is 13.7. The maximum atomic E-state index is 12.0. The van der Waals surface area contributed by atoms with E-state index in [0.717, 1.165) is 12.3 Å². The Balaban J connectivity index is 1.77. The van der Waals surface area contributed by atoms with Crippen LogP contribution in [0.15, 0.2) is 0 Å². The van der Waals surface area contributed by atoms with E-state index in [1.807, 2.05) is 0 Å². The molecule has 2 aliphatic carbocycles. The summed E-state index contributed by atoms with van der Waals surface area (Å²) in [7, 11) is 1.56. The Morgan fingerprint density at radius 1 is 1.43 bits per heavy atom. The normalized spacial score (nSPS) is 34.7. The highest BCUT2D eigenvalue weighted by Crippen LogP contribution is 2.65. The molecule has 0 aliphatic heterocycles. The highest BCUT2D eigenvalue weighted by Gasteiger charge is 2.61. The lowest BCUT2D eigenvalue weighted by molar-refractivity contribution is 0.0597. The highest BCUT2D eigenvalue weighted by molar-refractivity contribution is 5.74. The van der Waals surface area contributed by atoms with Gasteiger partial charge in [0.1, 0.15) is 0 Å². The zero-order valence-corrected chi connectivity index (χ0v) is 13.7. The Hall–Kier alpha value is -0.810. The maximum Gasteiger partial charge on any atom is 0.315 e. The van der Waals surface area contributed by atoms with E-state index in [0.29, 0.717) is 25.0 Å². The van der Waals surface area contributed by atoms with Gasteiger partial charge < -0.3 is 20.5 Å². The van der Waals surface area contributed by atoms with Crippen LogP contribution in [-0.2, 0) is 4.74 Å². The van der Waals surface area contributed by atoms with Crippen LogP contribution < -0.4 is 10.6 Å². The molecule has 0 aromatic carbocycles. The number of amides is 2. The number of ether oxygens (including phenoxy) is 1. The molecule has 2 bridgehead atoms. The van der Waals surface area contributed by atoms with Crippen molar-refractivity contribution in [3.8, 4) is 0 Å². The number of aliphatic hydroxyl groups is 1. The Labute approximate surface area is 127 Å². The van der Waals surface area contributed by atoms with Gasteiger partial charge in [-0.15, -0.1) is 0 Å². The first kappa shape index (κ1) is 16.6. The van der Waals surface area contributed by atoms with Gasteiger partial charge in [-0.3, -0.25) is 0 Å². The molecule has 0 radical (unpaired) electrons. The standard InChI is InChI=1S/C16H30N2O3/c1-15(2)11-5-7-16(15,3)13(9-11)18-14(20)17-8-6-12(19)10-21-4/h11-13,19H,5-10H2,1-4H3,(H2,17,18,20). The molecule has 2 fully saturated rings. The van der Waals surface area contributed by atoms with Crippen LogP contribution in [-0.4, -0.2) is 43.5 Å². The number of carbonyl (C=O) groups is 1. The third kappa shape index (κ3) is 3.04. The van der Waals surface area contributed by atoms with Crippen molar-refractivity contribution in [1.82, 2.24) is 10.6 Å². The van der Waals surface area contributed by atoms with Crippen LogP contribution in [0.5, 0.6) is 0 Å². The van der Waals surface area contributed by atoms with Crippen LogP contribution in [0, 0.1) is 16.7 Å². The fraction of sp³-hybridized carbons (Fsp3) is 0.938. The molecule has 2 saturated carbocycles. The first-order valence-corrected chi connectivity index (χ1v) is 8.02. The average Bonchev–Trinajstić information content (AvgIpc) is 2.72. The summed E-state index contributed by atoms with van der Waals surface area (Å²) in [6.07, 6.45) is 3.56. The van der Waals surface area contributed by atoms with Gasteiger partial charge in [0.15, 0.2) is 0 Å². The lowest BCUT2D eigenvalue weighted by atomic mass is 9.69. The van der Waals surface area contributed by atoms with Crippen molar-refractivity contribution in [2.45, 2.75) is 58.6 Å². The summed E-state index contributed by atoms with van der Waals surface area (Å²) in [6.45, 7) is 7.76. The summed E-state index contributed by atoms with van der Waals surface area (Å²) in [6, 6.07) is 0.143. The van der Waals surface area contributed by atoms with E-state index in [1.54, 1.807) is 7.11 Å². The second-order valence-electron chi connectivity index (χ2n) is 7.46. The van der Waals surface area contributed by atoms with Gasteiger partial charge in [0, 0.05) is 19.7 Å². The van der Waals surface area contributed by atoms with Crippen molar-refractivity contribution in [3.63, 3.8) is 0 Å². The average molecular weight is 298 g/mol. The van der Waals surface area contributed by atoms with E-state index >= 15 is 0 Å². The SMILES string of the molecule is COCC(O)CCNC(=O)NC1CC2CCC1(C)C2(C)C. The quantitative estimate of drug-likeness (QED) is 0.701. The molecule has 2 aliphatic rings. The molecule has 3 N–H and O–H groups in total. The number of hydrogen-bond acceptors (Lipinski definition) is 3. The van der Waals surface area contributed by atoms with Crippen LogP contribution in [0.25, 0.3) is 0 Å². The predicted octanol–water partition coefficient (Wildman–Crippen LogP) is 1.90. The van der Waals surface area contributed by atoms with Crippen LogP contribution >= 0.6 is 0 Å². The van der Waals surface area contributed by atoms with Crippen LogP contribution in [0.1, 0.15) is 46.5 Å². The monoisotopic (exact) mass is 298 g/mol. The van der Waals surface area contributed by atoms with E-state index in [2.05, 4.69) is 31.4 Å². The predicted molar refractivity (Wildman–Crippen MR) is 82.1 cm³/mol. The third-order valence-electron chi connectivity index (χ3n) is 6.22. The lowest BCUT2D eigenvalue weighted by Crippen LogP contribution is -2.50. The van der Waals surface area contributed by atoms with Crippen molar-refractivity contribution in [3.05, 3.63) is 0 Å². The van der Waals surface area contributed by atoms with Crippen LogP contribution in [0.2, 0.25) is 0 Å². The molecule has 5 heteroatoms. The number of aliphatic hydroxyl groups excluding tert-OH is 1. The summed E-state index contributed by atoms with van der Waals surface area (Å²) in [5.74, 6) is 0.719. The first-order chi connectivity index (χ1) is 9.81. The molecule has 2 rings (SSSR count). The van der Waals surface area contributed by atoms with Gasteiger partial charge in [0.2, 0.25) is 0 Å². The Kier molecular flexibility index (Phi) is 4.83. The minimum Gasteiger partial charge on any atom is -0.391 e. The molecule has 0 aromatic heterocycles. The molecule has 5 nitrogen and oxygen atoms in total. The van der Waals surface area contributed by atoms with Crippen LogP contribution in [0.3, 0.4) is 0 Å². The summed E-state index contributed by atoms with van der Waals surface area (Å²) < 4.78 is 4.86. The van der Waals surface area contributed by atoms with Crippen molar-refractivity contribution in [2.24, 2.45) is 16.7 Å². The fourth-order valence-corrected chi connectivity index (χ4v) is 4.26. The molecule has 4 unspecified atom stereocenters. The lowest BCUT2D eigenvalue weighted by Gasteiger charge is -2.39. The molecular weight excluding hydrogens is 268 g/mol. The Bertz CT molecular complexity index is 386. The number of nitrogens with one attached hydrogen (secondary N) is 2. The van der Waals surface area contributed by atoms with Gasteiger partial charge in [0.05, 0.1) is 12.7 Å². The zero-order chi connectivity index (χ0) is 15.7. The van der Waals surface area contributed by atoms with Crippen molar-refractivity contribution in [1.29, 1.82) is 0 Å². The summed E-state index contributed by atoms with van der Waals surface area (Å²) in [4.78, 5) is 12.0. The number of methoxy groups -OCH3 is 1. The van der Waals surface area contributed by atoms with Crippen molar-refractivity contribution >= 4 is 6.03 Å². The summed E-state index contributed by atoms with van der Waals surface area (Å²) in [5.41, 5.74) is 0.504. The number of carbonyl (C=O) groups excluding carboxylic acids is 1. The fourth-order valence-electron chi connectivity index (χ4n) is 4.26. The van der Waals surface area contributed by atoms with Gasteiger partial charge in [-0.05, 0) is 42.4 Å². The molecule has 0 aromatic rings. The van der Waals surface area contributed by atoms with Gasteiger partial charge in [0.25, 0.3) is 0 Å². The topological polar surface area (TPSA) is 70.6 Å². The second-order valence-corrected chi connectivity index (χ2v) is 7.46. The van der Waals surface area contributed by atoms with E-state index in [4.69, 9.17) is 4.74 Å². The number of hydrogen-bond donors (Lipinski definition) is 3. The second kappa shape index (κ2) is 6.13. The van der Waals surface area contributed by atoms with E-state index in [1.165, 1.54) is 12.8 Å². The Morgan fingerprint density at radius 2 is 2.14 bits per heavy atom. The minimum absolute atomic E-state index is 0.116. The Morgan fingerprint density at radius 3 is 2.67 bits per heavy atom. The van der Waals surface area contributed by atoms with E-state index in [-0.39, 0.29) is 17.5 Å². The first-order valence-electron chi connectivity index (χ1n) is 8.02. The summed E-state index contributed by atoms with van der Waals surface area (Å²) in [5, 5.41) is 15.5. The molecule has 0 spiro atoms. The van der Waals surface area contributed by atoms with Gasteiger partial charge in [-0.1, -0.05) is 20.8 Å².